The van der Waals surface area contributed by atoms with Gasteiger partial charge in [0.25, 0.3) is 0 Å². The van der Waals surface area contributed by atoms with E-state index in [9.17, 15) is 4.79 Å². The number of carbonyl (C=O) groups is 1. The van der Waals surface area contributed by atoms with E-state index in [1.165, 1.54) is 0 Å². The van der Waals surface area contributed by atoms with E-state index in [1.54, 1.807) is 6.92 Å². The number of hydrogen-bond donors (Lipinski definition) is 0. The average molecular weight is 273 g/mol. The molecule has 90 valence electrons. The summed E-state index contributed by atoms with van der Waals surface area (Å²) in [6.07, 6.45) is 0. The predicted molar refractivity (Wildman–Crippen MR) is 70.6 cm³/mol. The fourth-order valence-corrected chi connectivity index (χ4v) is 1.77. The Morgan fingerprint density at radius 2 is 1.28 bits per heavy atom. The summed E-state index contributed by atoms with van der Waals surface area (Å²) < 4.78 is 0. The fourth-order valence-electron chi connectivity index (χ4n) is 1.77. The van der Waals surface area contributed by atoms with E-state index < -0.39 is 0 Å². The molecule has 0 saturated carbocycles. The molecule has 18 heavy (non-hydrogen) atoms. The van der Waals surface area contributed by atoms with Crippen LogP contribution < -0.4 is 4.90 Å². The molecule has 0 heterocycles. The standard InChI is InChI=1S/C15H15NO.Ti/c1-13(17)12-16(14-8-4-2-5-9-14)15-10-6-3-7-11-15;/h2-11H,12H2,1H3;. The molecule has 3 heteroatoms. The topological polar surface area (TPSA) is 20.3 Å². The van der Waals surface area contributed by atoms with Crippen molar-refractivity contribution < 1.29 is 26.5 Å². The summed E-state index contributed by atoms with van der Waals surface area (Å²) in [4.78, 5) is 13.4. The summed E-state index contributed by atoms with van der Waals surface area (Å²) in [6, 6.07) is 19.9. The second-order valence-electron chi connectivity index (χ2n) is 3.96. The largest absolute Gasteiger partial charge is 0.334 e. The first kappa shape index (κ1) is 14.7. The first-order valence-electron chi connectivity index (χ1n) is 5.64. The molecule has 0 saturated heterocycles. The van der Waals surface area contributed by atoms with Gasteiger partial charge < -0.3 is 4.90 Å². The Morgan fingerprint density at radius 3 is 1.61 bits per heavy atom. The molecule has 0 aliphatic heterocycles. The molecule has 0 aromatic heterocycles. The number of ketones is 1. The number of benzene rings is 2. The number of para-hydroxylation sites is 2. The van der Waals surface area contributed by atoms with Crippen molar-refractivity contribution in [2.75, 3.05) is 11.4 Å². The Hall–Kier alpha value is -1.38. The molecule has 0 aliphatic rings. The minimum absolute atomic E-state index is 0. The van der Waals surface area contributed by atoms with Gasteiger partial charge in [-0.2, -0.15) is 0 Å². The first-order chi connectivity index (χ1) is 8.27. The Bertz CT molecular complexity index is 445. The molecule has 2 aromatic carbocycles. The molecular formula is C15H15NOTi. The number of carbonyl (C=O) groups excluding carboxylic acids is 1. The molecule has 2 nitrogen and oxygen atoms in total. The van der Waals surface area contributed by atoms with Crippen LogP contribution in [0.5, 0.6) is 0 Å². The van der Waals surface area contributed by atoms with Crippen molar-refractivity contribution in [1.82, 2.24) is 0 Å². The first-order valence-corrected chi connectivity index (χ1v) is 5.64. The van der Waals surface area contributed by atoms with Crippen molar-refractivity contribution in [3.63, 3.8) is 0 Å². The summed E-state index contributed by atoms with van der Waals surface area (Å²) >= 11 is 0. The van der Waals surface area contributed by atoms with Gasteiger partial charge in [-0.05, 0) is 31.2 Å². The van der Waals surface area contributed by atoms with Crippen molar-refractivity contribution in [2.24, 2.45) is 0 Å². The molecule has 2 aromatic rings. The van der Waals surface area contributed by atoms with Crippen LogP contribution in [0.2, 0.25) is 0 Å². The maximum Gasteiger partial charge on any atom is 0.149 e. The third kappa shape index (κ3) is 3.83. The SMILES string of the molecule is CC(=O)CN(c1ccccc1)c1ccccc1.[Ti]. The summed E-state index contributed by atoms with van der Waals surface area (Å²) in [6.45, 7) is 2.01. The second-order valence-corrected chi connectivity index (χ2v) is 3.96. The molecular weight excluding hydrogens is 258 g/mol. The van der Waals surface area contributed by atoms with Gasteiger partial charge in [-0.15, -0.1) is 0 Å². The maximum atomic E-state index is 11.4. The Kier molecular flexibility index (Phi) is 5.83. The van der Waals surface area contributed by atoms with Gasteiger partial charge in [0.05, 0.1) is 6.54 Å². The van der Waals surface area contributed by atoms with E-state index in [2.05, 4.69) is 0 Å². The molecule has 0 amide bonds. The van der Waals surface area contributed by atoms with Crippen LogP contribution in [0, 0.1) is 0 Å². The maximum absolute atomic E-state index is 11.4. The van der Waals surface area contributed by atoms with Gasteiger partial charge in [0, 0.05) is 33.1 Å². The number of hydrogen-bond acceptors (Lipinski definition) is 2. The minimum Gasteiger partial charge on any atom is -0.334 e. The van der Waals surface area contributed by atoms with Crippen molar-refractivity contribution in [1.29, 1.82) is 0 Å². The summed E-state index contributed by atoms with van der Waals surface area (Å²) in [5.41, 5.74) is 2.07. The molecule has 0 aliphatic carbocycles. The van der Waals surface area contributed by atoms with Gasteiger partial charge in [0.1, 0.15) is 5.78 Å². The van der Waals surface area contributed by atoms with Gasteiger partial charge in [-0.3, -0.25) is 4.79 Å². The average Bonchev–Trinajstić information content (AvgIpc) is 2.38. The zero-order chi connectivity index (χ0) is 12.1. The van der Waals surface area contributed by atoms with E-state index in [-0.39, 0.29) is 27.5 Å². The normalized spacial score (nSPS) is 9.39. The Balaban J connectivity index is 0.00000162. The van der Waals surface area contributed by atoms with E-state index in [1.807, 2.05) is 65.6 Å². The van der Waals surface area contributed by atoms with Crippen LogP contribution in [0.3, 0.4) is 0 Å². The van der Waals surface area contributed by atoms with E-state index in [0.717, 1.165) is 11.4 Å². The van der Waals surface area contributed by atoms with E-state index >= 15 is 0 Å². The van der Waals surface area contributed by atoms with Gasteiger partial charge in [-0.25, -0.2) is 0 Å². The van der Waals surface area contributed by atoms with Crippen molar-refractivity contribution in [3.8, 4) is 0 Å². The third-order valence-corrected chi connectivity index (χ3v) is 2.52. The fraction of sp³-hybridized carbons (Fsp3) is 0.133. The molecule has 2 rings (SSSR count). The van der Waals surface area contributed by atoms with Gasteiger partial charge >= 0.3 is 0 Å². The number of nitrogens with zero attached hydrogens (tertiary/aromatic N) is 1. The smallest absolute Gasteiger partial charge is 0.149 e. The van der Waals surface area contributed by atoms with Crippen LogP contribution >= 0.6 is 0 Å². The molecule has 0 atom stereocenters. The van der Waals surface area contributed by atoms with E-state index in [0.29, 0.717) is 6.54 Å². The summed E-state index contributed by atoms with van der Waals surface area (Å²) in [7, 11) is 0. The quantitative estimate of drug-likeness (QED) is 0.796. The summed E-state index contributed by atoms with van der Waals surface area (Å²) in [5.74, 6) is 0.151. The molecule has 0 radical (unpaired) electrons. The van der Waals surface area contributed by atoms with Gasteiger partial charge in [-0.1, -0.05) is 36.4 Å². The number of rotatable bonds is 4. The van der Waals surface area contributed by atoms with Gasteiger partial charge in [0.15, 0.2) is 0 Å². The van der Waals surface area contributed by atoms with Crippen LogP contribution in [-0.4, -0.2) is 12.3 Å². The monoisotopic (exact) mass is 273 g/mol. The van der Waals surface area contributed by atoms with Crippen molar-refractivity contribution >= 4 is 17.2 Å². The molecule has 0 spiro atoms. The van der Waals surface area contributed by atoms with E-state index in [4.69, 9.17) is 0 Å². The van der Waals surface area contributed by atoms with Crippen LogP contribution in [0.25, 0.3) is 0 Å². The Labute approximate surface area is 123 Å². The van der Waals surface area contributed by atoms with Crippen LogP contribution in [-0.2, 0) is 26.5 Å². The molecule has 0 fully saturated rings. The van der Waals surface area contributed by atoms with Crippen molar-refractivity contribution in [3.05, 3.63) is 60.7 Å². The zero-order valence-corrected chi connectivity index (χ0v) is 11.9. The predicted octanol–water partition coefficient (Wildman–Crippen LogP) is 3.41. The van der Waals surface area contributed by atoms with Crippen LogP contribution in [0.4, 0.5) is 11.4 Å². The molecule has 0 N–H and O–H groups in total. The molecule has 0 bridgehead atoms. The third-order valence-electron chi connectivity index (χ3n) is 2.52. The second kappa shape index (κ2) is 7.15. The van der Waals surface area contributed by atoms with Crippen LogP contribution in [0.1, 0.15) is 6.92 Å². The minimum atomic E-state index is 0. The van der Waals surface area contributed by atoms with Crippen molar-refractivity contribution in [2.45, 2.75) is 6.92 Å². The van der Waals surface area contributed by atoms with Crippen LogP contribution in [0.15, 0.2) is 60.7 Å². The van der Waals surface area contributed by atoms with Gasteiger partial charge in [0.2, 0.25) is 0 Å². The number of anilines is 2. The zero-order valence-electron chi connectivity index (χ0n) is 10.3. The summed E-state index contributed by atoms with van der Waals surface area (Å²) in [5, 5.41) is 0. The Morgan fingerprint density at radius 1 is 0.889 bits per heavy atom. The molecule has 0 unspecified atom stereocenters. The number of Topliss-reactive ketones (excluding diaryl/α,β-unsaturated/α-hetero) is 1.